The topological polar surface area (TPSA) is 68.6 Å². The largest absolute Gasteiger partial charge is 0.493 e. The van der Waals surface area contributed by atoms with Crippen molar-refractivity contribution in [3.8, 4) is 17.6 Å². The summed E-state index contributed by atoms with van der Waals surface area (Å²) in [4.78, 5) is 11.5. The van der Waals surface area contributed by atoms with Crippen LogP contribution in [0.4, 0.5) is 0 Å². The first-order chi connectivity index (χ1) is 12.5. The number of halogens is 2. The smallest absolute Gasteiger partial charge is 0.348 e. The van der Waals surface area contributed by atoms with Crippen LogP contribution in [0, 0.1) is 11.3 Å². The van der Waals surface area contributed by atoms with Crippen molar-refractivity contribution >= 4 is 35.2 Å². The molecule has 0 bridgehead atoms. The molecule has 2 rings (SSSR count). The fourth-order valence-electron chi connectivity index (χ4n) is 2.10. The third kappa shape index (κ3) is 4.92. The number of nitriles is 1. The van der Waals surface area contributed by atoms with E-state index in [9.17, 15) is 4.79 Å². The molecule has 0 atom stereocenters. The van der Waals surface area contributed by atoms with E-state index in [4.69, 9.17) is 37.9 Å². The molecule has 2 aromatic carbocycles. The zero-order valence-corrected chi connectivity index (χ0v) is 15.6. The summed E-state index contributed by atoms with van der Waals surface area (Å²) in [5.41, 5.74) is 1.26. The van der Waals surface area contributed by atoms with E-state index in [1.165, 1.54) is 20.3 Å². The van der Waals surface area contributed by atoms with E-state index in [0.717, 1.165) is 5.56 Å². The fourth-order valence-corrected chi connectivity index (χ4v) is 2.56. The summed E-state index contributed by atoms with van der Waals surface area (Å²) in [6.07, 6.45) is 1.41. The molecule has 0 amide bonds. The van der Waals surface area contributed by atoms with Crippen LogP contribution in [0.25, 0.3) is 6.08 Å². The number of esters is 1. The van der Waals surface area contributed by atoms with Crippen LogP contribution in [0.5, 0.6) is 11.5 Å². The van der Waals surface area contributed by atoms with Gasteiger partial charge in [0.05, 0.1) is 14.2 Å². The number of hydrogen-bond donors (Lipinski definition) is 0. The highest BCUT2D eigenvalue weighted by Crippen LogP contribution is 2.31. The maximum atomic E-state index is 11.5. The molecule has 5 nitrogen and oxygen atoms in total. The van der Waals surface area contributed by atoms with Crippen molar-refractivity contribution in [3.63, 3.8) is 0 Å². The number of carbonyl (C=O) groups excluding carboxylic acids is 1. The number of nitrogens with zero attached hydrogens (tertiary/aromatic N) is 1. The zero-order chi connectivity index (χ0) is 19.1. The van der Waals surface area contributed by atoms with Crippen molar-refractivity contribution in [2.45, 2.75) is 6.61 Å². The Bertz CT molecular complexity index is 888. The summed E-state index contributed by atoms with van der Waals surface area (Å²) in [6, 6.07) is 12.0. The fraction of sp³-hybridized carbons (Fsp3) is 0.158. The quantitative estimate of drug-likeness (QED) is 0.406. The maximum Gasteiger partial charge on any atom is 0.348 e. The van der Waals surface area contributed by atoms with Crippen molar-refractivity contribution in [1.29, 1.82) is 5.26 Å². The molecule has 0 N–H and O–H groups in total. The molecule has 0 unspecified atom stereocenters. The molecule has 0 aliphatic heterocycles. The molecule has 0 aromatic heterocycles. The molecule has 2 aromatic rings. The van der Waals surface area contributed by atoms with Crippen molar-refractivity contribution < 1.29 is 19.0 Å². The van der Waals surface area contributed by atoms with Crippen LogP contribution >= 0.6 is 23.2 Å². The second kappa shape index (κ2) is 9.14. The molecule has 0 saturated carbocycles. The minimum Gasteiger partial charge on any atom is -0.493 e. The van der Waals surface area contributed by atoms with Crippen molar-refractivity contribution in [1.82, 2.24) is 0 Å². The van der Waals surface area contributed by atoms with E-state index in [0.29, 0.717) is 27.1 Å². The Hall–Kier alpha value is -2.68. The van der Waals surface area contributed by atoms with Crippen LogP contribution in [0.3, 0.4) is 0 Å². The number of carbonyl (C=O) groups is 1. The van der Waals surface area contributed by atoms with Gasteiger partial charge in [0.15, 0.2) is 11.5 Å². The molecular formula is C19H15Cl2NO4. The summed E-state index contributed by atoms with van der Waals surface area (Å²) in [5.74, 6) is 0.238. The molecular weight excluding hydrogens is 377 g/mol. The van der Waals surface area contributed by atoms with E-state index in [1.807, 2.05) is 0 Å². The predicted octanol–water partition coefficient (Wildman–Crippen LogP) is 4.66. The van der Waals surface area contributed by atoms with Gasteiger partial charge in [0, 0.05) is 15.6 Å². The van der Waals surface area contributed by atoms with Gasteiger partial charge < -0.3 is 14.2 Å². The third-order valence-corrected chi connectivity index (χ3v) is 4.01. The number of methoxy groups -OCH3 is 2. The lowest BCUT2D eigenvalue weighted by atomic mass is 10.1. The summed E-state index contributed by atoms with van der Waals surface area (Å²) in [6.45, 7) is 0.229. The second-order valence-corrected chi connectivity index (χ2v) is 5.94. The average molecular weight is 392 g/mol. The first-order valence-corrected chi connectivity index (χ1v) is 8.19. The standard InChI is InChI=1S/C19H15Cl2NO4/c1-24-18-8-12(7-14(10-22)19(23)25-2)3-6-17(18)26-11-13-4-5-15(20)9-16(13)21/h3-9H,11H2,1-2H3/b14-7+. The third-order valence-electron chi connectivity index (χ3n) is 3.42. The van der Waals surface area contributed by atoms with Gasteiger partial charge in [-0.25, -0.2) is 4.79 Å². The normalized spacial score (nSPS) is 10.8. The summed E-state index contributed by atoms with van der Waals surface area (Å²) < 4.78 is 15.6. The Morgan fingerprint density at radius 3 is 2.54 bits per heavy atom. The molecule has 0 aliphatic rings. The van der Waals surface area contributed by atoms with Gasteiger partial charge >= 0.3 is 5.97 Å². The predicted molar refractivity (Wildman–Crippen MR) is 99.4 cm³/mol. The van der Waals surface area contributed by atoms with Crippen molar-refractivity contribution in [3.05, 3.63) is 63.1 Å². The monoisotopic (exact) mass is 391 g/mol. The zero-order valence-electron chi connectivity index (χ0n) is 14.1. The molecule has 0 aliphatic carbocycles. The summed E-state index contributed by atoms with van der Waals surface area (Å²) >= 11 is 12.0. The van der Waals surface area contributed by atoms with E-state index < -0.39 is 5.97 Å². The van der Waals surface area contributed by atoms with Gasteiger partial charge in [-0.05, 0) is 35.9 Å². The highest BCUT2D eigenvalue weighted by Gasteiger charge is 2.11. The average Bonchev–Trinajstić information content (AvgIpc) is 2.65. The van der Waals surface area contributed by atoms with Crippen LogP contribution in [-0.4, -0.2) is 20.2 Å². The number of benzene rings is 2. The van der Waals surface area contributed by atoms with Crippen LogP contribution in [-0.2, 0) is 16.1 Å². The van der Waals surface area contributed by atoms with Crippen molar-refractivity contribution in [2.24, 2.45) is 0 Å². The first kappa shape index (κ1) is 19.6. The van der Waals surface area contributed by atoms with Crippen LogP contribution in [0.15, 0.2) is 42.0 Å². The molecule has 0 radical (unpaired) electrons. The number of hydrogen-bond acceptors (Lipinski definition) is 5. The lowest BCUT2D eigenvalue weighted by Gasteiger charge is -2.12. The van der Waals surface area contributed by atoms with Crippen LogP contribution < -0.4 is 9.47 Å². The maximum absolute atomic E-state index is 11.5. The molecule has 0 spiro atoms. The summed E-state index contributed by atoms with van der Waals surface area (Å²) in [5, 5.41) is 10.1. The van der Waals surface area contributed by atoms with Gasteiger partial charge in [0.2, 0.25) is 0 Å². The Morgan fingerprint density at radius 1 is 1.15 bits per heavy atom. The van der Waals surface area contributed by atoms with Gasteiger partial charge in [0.25, 0.3) is 0 Å². The lowest BCUT2D eigenvalue weighted by molar-refractivity contribution is -0.135. The van der Waals surface area contributed by atoms with E-state index >= 15 is 0 Å². The van der Waals surface area contributed by atoms with E-state index in [2.05, 4.69) is 4.74 Å². The molecule has 0 fully saturated rings. The highest BCUT2D eigenvalue weighted by molar-refractivity contribution is 6.35. The molecule has 134 valence electrons. The lowest BCUT2D eigenvalue weighted by Crippen LogP contribution is -2.02. The summed E-state index contributed by atoms with van der Waals surface area (Å²) in [7, 11) is 2.71. The van der Waals surface area contributed by atoms with Gasteiger partial charge in [-0.1, -0.05) is 35.3 Å². The molecule has 0 heterocycles. The molecule has 26 heavy (non-hydrogen) atoms. The Balaban J connectivity index is 2.22. The molecule has 7 heteroatoms. The van der Waals surface area contributed by atoms with E-state index in [1.54, 1.807) is 42.5 Å². The minimum atomic E-state index is -0.704. The van der Waals surface area contributed by atoms with Gasteiger partial charge in [-0.3, -0.25) is 0 Å². The number of ether oxygens (including phenoxy) is 3. The van der Waals surface area contributed by atoms with Gasteiger partial charge in [0.1, 0.15) is 18.2 Å². The van der Waals surface area contributed by atoms with Crippen LogP contribution in [0.2, 0.25) is 10.0 Å². The molecule has 0 saturated heterocycles. The van der Waals surface area contributed by atoms with E-state index in [-0.39, 0.29) is 12.2 Å². The Morgan fingerprint density at radius 2 is 1.92 bits per heavy atom. The highest BCUT2D eigenvalue weighted by atomic mass is 35.5. The first-order valence-electron chi connectivity index (χ1n) is 7.43. The minimum absolute atomic E-state index is 0.115. The van der Waals surface area contributed by atoms with Crippen LogP contribution in [0.1, 0.15) is 11.1 Å². The van der Waals surface area contributed by atoms with Crippen molar-refractivity contribution in [2.75, 3.05) is 14.2 Å². The van der Waals surface area contributed by atoms with Gasteiger partial charge in [-0.2, -0.15) is 5.26 Å². The second-order valence-electron chi connectivity index (χ2n) is 5.10. The Kier molecular flexibility index (Phi) is 6.90. The Labute approximate surface area is 161 Å². The SMILES string of the molecule is COC(=O)/C(C#N)=C/c1ccc(OCc2ccc(Cl)cc2Cl)c(OC)c1. The van der Waals surface area contributed by atoms with Gasteiger partial charge in [-0.15, -0.1) is 0 Å². The number of rotatable bonds is 6.